The highest BCUT2D eigenvalue weighted by molar-refractivity contribution is 5.40. The van der Waals surface area contributed by atoms with Gasteiger partial charge >= 0.3 is 0 Å². The second-order valence-electron chi connectivity index (χ2n) is 5.59. The van der Waals surface area contributed by atoms with Gasteiger partial charge in [0.15, 0.2) is 0 Å². The highest BCUT2D eigenvalue weighted by Crippen LogP contribution is 2.27. The fraction of sp³-hybridized carbons (Fsp3) is 0.647. The number of phenols is 1. The van der Waals surface area contributed by atoms with Gasteiger partial charge in [-0.25, -0.2) is 0 Å². The molecule has 0 saturated carbocycles. The zero-order valence-corrected chi connectivity index (χ0v) is 12.0. The summed E-state index contributed by atoms with van der Waals surface area (Å²) in [4.78, 5) is 0. The van der Waals surface area contributed by atoms with Crippen molar-refractivity contribution < 1.29 is 9.84 Å². The summed E-state index contributed by atoms with van der Waals surface area (Å²) in [5, 5.41) is 9.99. The number of aryl methyl sites for hydroxylation is 1. The molecule has 1 aromatic carbocycles. The van der Waals surface area contributed by atoms with Crippen LogP contribution in [0, 0.1) is 0 Å². The second-order valence-corrected chi connectivity index (χ2v) is 5.59. The first-order valence-electron chi connectivity index (χ1n) is 7.72. The van der Waals surface area contributed by atoms with Crippen LogP contribution in [0.15, 0.2) is 18.2 Å². The maximum atomic E-state index is 9.99. The third kappa shape index (κ3) is 4.87. The molecule has 1 N–H and O–H groups in total. The van der Waals surface area contributed by atoms with E-state index in [0.29, 0.717) is 11.9 Å². The number of ether oxygens (including phenoxy) is 1. The van der Waals surface area contributed by atoms with E-state index >= 15 is 0 Å². The number of unbranched alkanes of at least 4 members (excludes halogenated alkanes) is 5. The highest BCUT2D eigenvalue weighted by Gasteiger charge is 2.25. The van der Waals surface area contributed by atoms with Crippen LogP contribution in [-0.2, 0) is 17.6 Å². The van der Waals surface area contributed by atoms with Crippen LogP contribution in [0.1, 0.15) is 56.6 Å². The summed E-state index contributed by atoms with van der Waals surface area (Å²) in [6.45, 7) is 3.10. The van der Waals surface area contributed by atoms with Gasteiger partial charge in [-0.1, -0.05) is 51.2 Å². The van der Waals surface area contributed by atoms with Gasteiger partial charge in [0.05, 0.1) is 12.7 Å². The average molecular weight is 262 g/mol. The molecule has 0 aromatic heterocycles. The molecule has 1 heterocycles. The van der Waals surface area contributed by atoms with Crippen molar-refractivity contribution in [1.82, 2.24) is 0 Å². The minimum absolute atomic E-state index is 0.344. The van der Waals surface area contributed by atoms with Gasteiger partial charge in [-0.15, -0.1) is 0 Å². The van der Waals surface area contributed by atoms with Crippen LogP contribution < -0.4 is 0 Å². The van der Waals surface area contributed by atoms with E-state index in [2.05, 4.69) is 13.0 Å². The Bertz CT molecular complexity index is 383. The summed E-state index contributed by atoms with van der Waals surface area (Å²) in [5.74, 6) is 0.444. The Morgan fingerprint density at radius 2 is 1.89 bits per heavy atom. The van der Waals surface area contributed by atoms with Crippen LogP contribution in [0.5, 0.6) is 5.75 Å². The standard InChI is InChI=1S/C17H26O2/c1-2-3-4-5-6-7-9-14-10-8-11-17(18)16(14)12-15-13-19-15/h8,10-11,15,18H,2-7,9,12-13H2,1H3. The molecule has 2 nitrogen and oxygen atoms in total. The maximum Gasteiger partial charge on any atom is 0.119 e. The molecule has 0 spiro atoms. The Balaban J connectivity index is 1.79. The molecule has 2 rings (SSSR count). The van der Waals surface area contributed by atoms with Crippen LogP contribution in [0.3, 0.4) is 0 Å². The monoisotopic (exact) mass is 262 g/mol. The fourth-order valence-corrected chi connectivity index (χ4v) is 2.60. The van der Waals surface area contributed by atoms with Crippen molar-refractivity contribution in [1.29, 1.82) is 0 Å². The zero-order chi connectivity index (χ0) is 13.5. The highest BCUT2D eigenvalue weighted by atomic mass is 16.6. The molecule has 2 heteroatoms. The van der Waals surface area contributed by atoms with E-state index in [1.807, 2.05) is 6.07 Å². The van der Waals surface area contributed by atoms with Crippen molar-refractivity contribution in [2.75, 3.05) is 6.61 Å². The molecule has 19 heavy (non-hydrogen) atoms. The topological polar surface area (TPSA) is 32.8 Å². The second kappa shape index (κ2) is 7.54. The minimum atomic E-state index is 0.344. The number of aromatic hydroxyl groups is 1. The lowest BCUT2D eigenvalue weighted by Gasteiger charge is -2.10. The number of benzene rings is 1. The van der Waals surface area contributed by atoms with Gasteiger partial charge in [-0.05, 0) is 30.0 Å². The third-order valence-electron chi connectivity index (χ3n) is 3.88. The van der Waals surface area contributed by atoms with Crippen LogP contribution in [0.2, 0.25) is 0 Å². The first kappa shape index (κ1) is 14.4. The van der Waals surface area contributed by atoms with Gasteiger partial charge in [0, 0.05) is 6.42 Å². The Kier molecular flexibility index (Phi) is 5.71. The molecule has 0 aliphatic carbocycles. The molecular weight excluding hydrogens is 236 g/mol. The molecule has 0 radical (unpaired) electrons. The summed E-state index contributed by atoms with van der Waals surface area (Å²) in [7, 11) is 0. The van der Waals surface area contributed by atoms with Gasteiger partial charge in [0.1, 0.15) is 5.75 Å². The lowest BCUT2D eigenvalue weighted by Crippen LogP contribution is -2.00. The predicted molar refractivity (Wildman–Crippen MR) is 78.6 cm³/mol. The SMILES string of the molecule is CCCCCCCCc1cccc(O)c1CC1CO1. The largest absolute Gasteiger partial charge is 0.508 e. The first-order chi connectivity index (χ1) is 9.31. The molecule has 1 aliphatic heterocycles. The van der Waals surface area contributed by atoms with E-state index in [1.165, 1.54) is 44.1 Å². The molecule has 1 aromatic rings. The molecule has 1 saturated heterocycles. The third-order valence-corrected chi connectivity index (χ3v) is 3.88. The fourth-order valence-electron chi connectivity index (χ4n) is 2.60. The Hall–Kier alpha value is -1.02. The number of phenolic OH excluding ortho intramolecular Hbond substituents is 1. The van der Waals surface area contributed by atoms with Crippen molar-refractivity contribution in [3.63, 3.8) is 0 Å². The normalized spacial score (nSPS) is 17.6. The van der Waals surface area contributed by atoms with E-state index in [1.54, 1.807) is 6.07 Å². The molecule has 0 bridgehead atoms. The van der Waals surface area contributed by atoms with Crippen molar-refractivity contribution in [3.05, 3.63) is 29.3 Å². The number of epoxide rings is 1. The van der Waals surface area contributed by atoms with Crippen LogP contribution in [0.4, 0.5) is 0 Å². The molecule has 1 unspecified atom stereocenters. The van der Waals surface area contributed by atoms with Gasteiger partial charge in [0.25, 0.3) is 0 Å². The molecule has 1 atom stereocenters. The van der Waals surface area contributed by atoms with Gasteiger partial charge in [-0.3, -0.25) is 0 Å². The van der Waals surface area contributed by atoms with Crippen LogP contribution in [-0.4, -0.2) is 17.8 Å². The van der Waals surface area contributed by atoms with Crippen LogP contribution >= 0.6 is 0 Å². The molecule has 1 aliphatic rings. The van der Waals surface area contributed by atoms with E-state index in [9.17, 15) is 5.11 Å². The zero-order valence-electron chi connectivity index (χ0n) is 12.0. The lowest BCUT2D eigenvalue weighted by atomic mass is 9.97. The summed E-state index contributed by atoms with van der Waals surface area (Å²) < 4.78 is 5.28. The van der Waals surface area contributed by atoms with Gasteiger partial charge < -0.3 is 9.84 Å². The first-order valence-corrected chi connectivity index (χ1v) is 7.72. The molecule has 106 valence electrons. The molecular formula is C17H26O2. The number of hydrogen-bond donors (Lipinski definition) is 1. The smallest absolute Gasteiger partial charge is 0.119 e. The van der Waals surface area contributed by atoms with Gasteiger partial charge in [-0.2, -0.15) is 0 Å². The average Bonchev–Trinajstić information content (AvgIpc) is 3.21. The lowest BCUT2D eigenvalue weighted by molar-refractivity contribution is 0.401. The summed E-state index contributed by atoms with van der Waals surface area (Å²) in [6.07, 6.45) is 10.2. The maximum absolute atomic E-state index is 9.99. The Morgan fingerprint density at radius 3 is 2.63 bits per heavy atom. The minimum Gasteiger partial charge on any atom is -0.508 e. The summed E-state index contributed by atoms with van der Waals surface area (Å²) in [6, 6.07) is 5.91. The Morgan fingerprint density at radius 1 is 1.16 bits per heavy atom. The predicted octanol–water partition coefficient (Wildman–Crippen LogP) is 4.24. The van der Waals surface area contributed by atoms with Crippen molar-refractivity contribution >= 4 is 0 Å². The van der Waals surface area contributed by atoms with Crippen molar-refractivity contribution in [2.45, 2.75) is 64.4 Å². The Labute approximate surface area is 116 Å². The van der Waals surface area contributed by atoms with Gasteiger partial charge in [0.2, 0.25) is 0 Å². The number of hydrogen-bond acceptors (Lipinski definition) is 2. The van der Waals surface area contributed by atoms with Crippen molar-refractivity contribution in [2.24, 2.45) is 0 Å². The van der Waals surface area contributed by atoms with E-state index in [-0.39, 0.29) is 0 Å². The quantitative estimate of drug-likeness (QED) is 0.533. The van der Waals surface area contributed by atoms with E-state index in [4.69, 9.17) is 4.74 Å². The van der Waals surface area contributed by atoms with E-state index in [0.717, 1.165) is 25.0 Å². The molecule has 0 amide bonds. The molecule has 1 fully saturated rings. The summed E-state index contributed by atoms with van der Waals surface area (Å²) in [5.41, 5.74) is 2.42. The number of rotatable bonds is 9. The summed E-state index contributed by atoms with van der Waals surface area (Å²) >= 11 is 0. The van der Waals surface area contributed by atoms with Crippen LogP contribution in [0.25, 0.3) is 0 Å². The van der Waals surface area contributed by atoms with Crippen molar-refractivity contribution in [3.8, 4) is 5.75 Å². The van der Waals surface area contributed by atoms with E-state index < -0.39 is 0 Å².